The smallest absolute Gasteiger partial charge is 0.328 e. The van der Waals surface area contributed by atoms with Gasteiger partial charge >= 0.3 is 5.97 Å². The first-order valence-electron chi connectivity index (χ1n) is 12.4. The van der Waals surface area contributed by atoms with E-state index >= 15 is 0 Å². The second-order valence-corrected chi connectivity index (χ2v) is 9.63. The summed E-state index contributed by atoms with van der Waals surface area (Å²) in [7, 11) is 1.00. The van der Waals surface area contributed by atoms with Crippen LogP contribution in [0.4, 0.5) is 0 Å². The monoisotopic (exact) mass is 490 g/mol. The van der Waals surface area contributed by atoms with Crippen LogP contribution in [0.15, 0.2) is 42.0 Å². The Morgan fingerprint density at radius 1 is 1.20 bits per heavy atom. The van der Waals surface area contributed by atoms with Crippen molar-refractivity contribution in [1.29, 1.82) is 0 Å². The first-order chi connectivity index (χ1) is 16.8. The van der Waals surface area contributed by atoms with E-state index in [1.54, 1.807) is 24.3 Å². The Bertz CT molecular complexity index is 837. The summed E-state index contributed by atoms with van der Waals surface area (Å²) in [5.41, 5.74) is 2.51. The van der Waals surface area contributed by atoms with Gasteiger partial charge < -0.3 is 29.5 Å². The van der Waals surface area contributed by atoms with Crippen molar-refractivity contribution in [2.45, 2.75) is 76.6 Å². The van der Waals surface area contributed by atoms with Gasteiger partial charge in [0.25, 0.3) is 0 Å². The highest BCUT2D eigenvalue weighted by Crippen LogP contribution is 2.58. The molecule has 4 unspecified atom stereocenters. The highest BCUT2D eigenvalue weighted by atomic mass is 16.6. The molecule has 1 aliphatic carbocycles. The van der Waals surface area contributed by atoms with Gasteiger partial charge in [-0.2, -0.15) is 0 Å². The van der Waals surface area contributed by atoms with Gasteiger partial charge in [-0.1, -0.05) is 36.6 Å². The molecule has 2 aliphatic heterocycles. The molecular weight excluding hydrogens is 448 g/mol. The standard InChI is InChI=1S/C15H24O2.C12H14O4.CH4O/c1-11(2)7-8-13-14(3,17-13)12-6-4-5-9-15(12)10-16-15;13-8-1-9-16-11-5-2-10(3-6-11)4-7-12(14)15;1-2/h7,12-13H,4-6,8-10H2,1-3H3;2-7,13H,1,8-9H2,(H,14,15);2H,1H3/b;7-4+;. The maximum atomic E-state index is 10.3. The molecule has 4 atom stereocenters. The lowest BCUT2D eigenvalue weighted by molar-refractivity contribution is -0.131. The molecule has 0 aromatic heterocycles. The summed E-state index contributed by atoms with van der Waals surface area (Å²) in [6.45, 7) is 8.18. The molecule has 1 aromatic rings. The predicted molar refractivity (Wildman–Crippen MR) is 136 cm³/mol. The SMILES string of the molecule is CC(C)=CCC1OC1(C)C1CCCCC12CO2.CO.O=C(O)/C=C/c1ccc(OCCCO)cc1. The highest BCUT2D eigenvalue weighted by molar-refractivity contribution is 5.85. The number of epoxide rings is 2. The zero-order valence-corrected chi connectivity index (χ0v) is 21.5. The molecule has 2 heterocycles. The van der Waals surface area contributed by atoms with E-state index in [2.05, 4.69) is 26.8 Å². The van der Waals surface area contributed by atoms with Gasteiger partial charge in [0.15, 0.2) is 0 Å². The van der Waals surface area contributed by atoms with Crippen molar-refractivity contribution in [3.05, 3.63) is 47.6 Å². The number of allylic oxidation sites excluding steroid dienone is 1. The lowest BCUT2D eigenvalue weighted by Crippen LogP contribution is -2.39. The van der Waals surface area contributed by atoms with E-state index in [1.807, 2.05) is 0 Å². The molecule has 7 heteroatoms. The molecule has 35 heavy (non-hydrogen) atoms. The topological polar surface area (TPSA) is 112 Å². The van der Waals surface area contributed by atoms with Crippen LogP contribution < -0.4 is 4.74 Å². The van der Waals surface area contributed by atoms with E-state index < -0.39 is 5.97 Å². The molecule has 3 N–H and O–H groups in total. The zero-order chi connectivity index (χ0) is 25.9. The number of hydrogen-bond donors (Lipinski definition) is 3. The largest absolute Gasteiger partial charge is 0.494 e. The molecule has 0 amide bonds. The Morgan fingerprint density at radius 3 is 2.46 bits per heavy atom. The molecule has 0 radical (unpaired) electrons. The van der Waals surface area contributed by atoms with Crippen molar-refractivity contribution >= 4 is 12.0 Å². The lowest BCUT2D eigenvalue weighted by atomic mass is 9.71. The Balaban J connectivity index is 0.000000231. The molecule has 4 rings (SSSR count). The van der Waals surface area contributed by atoms with Crippen molar-refractivity contribution in [1.82, 2.24) is 0 Å². The molecule has 196 valence electrons. The van der Waals surface area contributed by atoms with Crippen LogP contribution in [-0.4, -0.2) is 65.5 Å². The van der Waals surface area contributed by atoms with Crippen LogP contribution in [-0.2, 0) is 14.3 Å². The molecule has 1 spiro atoms. The number of ether oxygens (including phenoxy) is 3. The van der Waals surface area contributed by atoms with Crippen molar-refractivity contribution < 1.29 is 34.3 Å². The Hall–Kier alpha value is -2.19. The number of hydrogen-bond acceptors (Lipinski definition) is 6. The molecular formula is C28H42O7. The van der Waals surface area contributed by atoms with Crippen LogP contribution in [0.5, 0.6) is 5.75 Å². The van der Waals surface area contributed by atoms with Crippen molar-refractivity contribution in [2.24, 2.45) is 5.92 Å². The third kappa shape index (κ3) is 8.76. The fraction of sp³-hybridized carbons (Fsp3) is 0.607. The summed E-state index contributed by atoms with van der Waals surface area (Å²) in [5, 5.41) is 24.0. The van der Waals surface area contributed by atoms with E-state index in [0.29, 0.717) is 30.8 Å². The van der Waals surface area contributed by atoms with Crippen LogP contribution in [0.1, 0.15) is 64.9 Å². The van der Waals surface area contributed by atoms with Crippen molar-refractivity contribution in [3.8, 4) is 5.75 Å². The minimum absolute atomic E-state index is 0.100. The van der Waals surface area contributed by atoms with Gasteiger partial charge in [0.1, 0.15) is 5.75 Å². The van der Waals surface area contributed by atoms with Gasteiger partial charge in [-0.3, -0.25) is 0 Å². The van der Waals surface area contributed by atoms with Crippen molar-refractivity contribution in [3.63, 3.8) is 0 Å². The van der Waals surface area contributed by atoms with Crippen LogP contribution in [0.2, 0.25) is 0 Å². The van der Waals surface area contributed by atoms with E-state index in [0.717, 1.165) is 31.8 Å². The van der Waals surface area contributed by atoms with Gasteiger partial charge in [0, 0.05) is 32.1 Å². The fourth-order valence-electron chi connectivity index (χ4n) is 4.76. The molecule has 7 nitrogen and oxygen atoms in total. The molecule has 0 bridgehead atoms. The van der Waals surface area contributed by atoms with Gasteiger partial charge in [-0.25, -0.2) is 4.79 Å². The third-order valence-corrected chi connectivity index (χ3v) is 6.77. The first-order valence-corrected chi connectivity index (χ1v) is 12.4. The van der Waals surface area contributed by atoms with Crippen LogP contribution in [0.3, 0.4) is 0 Å². The van der Waals surface area contributed by atoms with Gasteiger partial charge in [0.2, 0.25) is 0 Å². The Labute approximate surface area is 209 Å². The van der Waals surface area contributed by atoms with Crippen molar-refractivity contribution in [2.75, 3.05) is 26.9 Å². The van der Waals surface area contributed by atoms with E-state index in [4.69, 9.17) is 29.5 Å². The minimum Gasteiger partial charge on any atom is -0.494 e. The molecule has 1 aromatic carbocycles. The maximum absolute atomic E-state index is 10.3. The minimum atomic E-state index is -0.969. The number of benzene rings is 1. The quantitative estimate of drug-likeness (QED) is 0.200. The summed E-state index contributed by atoms with van der Waals surface area (Å²) in [6, 6.07) is 7.07. The molecule has 2 saturated heterocycles. The number of rotatable bonds is 9. The van der Waals surface area contributed by atoms with E-state index in [9.17, 15) is 4.79 Å². The molecule has 3 aliphatic rings. The number of carboxylic acid groups (broad SMARTS) is 1. The number of carboxylic acids is 1. The highest BCUT2D eigenvalue weighted by Gasteiger charge is 2.67. The van der Waals surface area contributed by atoms with Gasteiger partial charge in [0.05, 0.1) is 30.5 Å². The Kier molecular flexibility index (Phi) is 11.4. The predicted octanol–water partition coefficient (Wildman–Crippen LogP) is 4.61. The number of aliphatic carboxylic acids is 1. The molecule has 1 saturated carbocycles. The average molecular weight is 491 g/mol. The van der Waals surface area contributed by atoms with E-state index in [1.165, 1.54) is 37.3 Å². The lowest BCUT2D eigenvalue weighted by Gasteiger charge is -2.32. The number of carbonyl (C=O) groups is 1. The summed E-state index contributed by atoms with van der Waals surface area (Å²) < 4.78 is 17.2. The number of aliphatic hydroxyl groups excluding tert-OH is 2. The molecule has 3 fully saturated rings. The average Bonchev–Trinajstić information content (AvgIpc) is 3.77. The van der Waals surface area contributed by atoms with Crippen LogP contribution in [0.25, 0.3) is 6.08 Å². The number of aliphatic hydroxyl groups is 2. The van der Waals surface area contributed by atoms with Crippen LogP contribution >= 0.6 is 0 Å². The summed E-state index contributed by atoms with van der Waals surface area (Å²) in [6.07, 6.45) is 12.2. The summed E-state index contributed by atoms with van der Waals surface area (Å²) >= 11 is 0. The third-order valence-electron chi connectivity index (χ3n) is 6.77. The van der Waals surface area contributed by atoms with E-state index in [-0.39, 0.29) is 17.8 Å². The summed E-state index contributed by atoms with van der Waals surface area (Å²) in [5.74, 6) is 0.378. The maximum Gasteiger partial charge on any atom is 0.328 e. The van der Waals surface area contributed by atoms with Gasteiger partial charge in [-0.05, 0) is 63.8 Å². The fourth-order valence-corrected chi connectivity index (χ4v) is 4.76. The van der Waals surface area contributed by atoms with Gasteiger partial charge in [-0.15, -0.1) is 0 Å². The first kappa shape index (κ1) is 29.0. The summed E-state index contributed by atoms with van der Waals surface area (Å²) in [4.78, 5) is 10.3. The second kappa shape index (κ2) is 13.8. The second-order valence-electron chi connectivity index (χ2n) is 9.63. The van der Waals surface area contributed by atoms with Crippen LogP contribution in [0, 0.1) is 5.92 Å². The Morgan fingerprint density at radius 2 is 1.89 bits per heavy atom. The normalized spacial score (nSPS) is 28.3. The zero-order valence-electron chi connectivity index (χ0n) is 21.5.